The first-order valence-corrected chi connectivity index (χ1v) is 12.8. The number of rotatable bonds is 9. The summed E-state index contributed by atoms with van der Waals surface area (Å²) in [6.07, 6.45) is 0.707. The highest BCUT2D eigenvalue weighted by Crippen LogP contribution is 2.34. The summed E-state index contributed by atoms with van der Waals surface area (Å²) in [5.41, 5.74) is 3.91. The van der Waals surface area contributed by atoms with Gasteiger partial charge in [0.1, 0.15) is 6.61 Å². The minimum Gasteiger partial charge on any atom is -0.493 e. The van der Waals surface area contributed by atoms with Gasteiger partial charge in [0.05, 0.1) is 31.2 Å². The van der Waals surface area contributed by atoms with Crippen molar-refractivity contribution < 1.29 is 22.6 Å². The van der Waals surface area contributed by atoms with Gasteiger partial charge in [0, 0.05) is 23.6 Å². The monoisotopic (exact) mass is 470 g/mol. The largest absolute Gasteiger partial charge is 0.493 e. The van der Waals surface area contributed by atoms with Crippen molar-refractivity contribution in [2.45, 2.75) is 26.5 Å². The number of aryl methyl sites for hydroxylation is 1. The summed E-state index contributed by atoms with van der Waals surface area (Å²) in [7, 11) is 0.316. The first-order valence-electron chi connectivity index (χ1n) is 11.0. The molecule has 0 spiro atoms. The van der Waals surface area contributed by atoms with Crippen molar-refractivity contribution in [1.82, 2.24) is 10.3 Å². The first kappa shape index (κ1) is 23.3. The van der Waals surface area contributed by atoms with Crippen LogP contribution in [0.25, 0.3) is 10.9 Å². The summed E-state index contributed by atoms with van der Waals surface area (Å²) < 4.78 is 40.5. The van der Waals surface area contributed by atoms with Crippen molar-refractivity contribution in [3.05, 3.63) is 59.2 Å². The Kier molecular flexibility index (Phi) is 7.05. The molecule has 0 aliphatic carbocycles. The van der Waals surface area contributed by atoms with E-state index in [1.54, 1.807) is 14.2 Å². The predicted molar refractivity (Wildman–Crippen MR) is 129 cm³/mol. The predicted octanol–water partition coefficient (Wildman–Crippen LogP) is 3.66. The number of nitrogens with one attached hydrogen (secondary N) is 1. The minimum absolute atomic E-state index is 0.143. The van der Waals surface area contributed by atoms with Crippen molar-refractivity contribution >= 4 is 20.7 Å². The van der Waals surface area contributed by atoms with Crippen LogP contribution in [0.3, 0.4) is 0 Å². The number of pyridine rings is 1. The average Bonchev–Trinajstić information content (AvgIpc) is 3.16. The number of ether oxygens (including phenoxy) is 3. The normalized spacial score (nSPS) is 17.2. The van der Waals surface area contributed by atoms with Crippen LogP contribution in [0.1, 0.15) is 23.1 Å². The SMILES string of the molecule is COc1cc2cc(CNCC3CCS(=O)(=O)C3)c(OCc3ccc(C)cc3)nc2cc1OC. The van der Waals surface area contributed by atoms with Gasteiger partial charge in [0.15, 0.2) is 21.3 Å². The van der Waals surface area contributed by atoms with E-state index >= 15 is 0 Å². The number of methoxy groups -OCH3 is 2. The summed E-state index contributed by atoms with van der Waals surface area (Å²) in [5, 5.41) is 4.32. The number of benzene rings is 2. The highest BCUT2D eigenvalue weighted by Gasteiger charge is 2.27. The zero-order chi connectivity index (χ0) is 23.4. The molecular weight excluding hydrogens is 440 g/mol. The molecule has 0 amide bonds. The number of sulfone groups is 1. The van der Waals surface area contributed by atoms with E-state index in [1.807, 2.05) is 30.3 Å². The van der Waals surface area contributed by atoms with Crippen LogP contribution in [-0.2, 0) is 23.0 Å². The molecule has 1 atom stereocenters. The quantitative estimate of drug-likeness (QED) is 0.511. The fraction of sp³-hybridized carbons (Fsp3) is 0.400. The Balaban J connectivity index is 1.57. The van der Waals surface area contributed by atoms with Crippen molar-refractivity contribution in [2.24, 2.45) is 5.92 Å². The molecule has 1 saturated heterocycles. The zero-order valence-electron chi connectivity index (χ0n) is 19.3. The number of hydrogen-bond donors (Lipinski definition) is 1. The van der Waals surface area contributed by atoms with E-state index in [0.29, 0.717) is 43.5 Å². The highest BCUT2D eigenvalue weighted by molar-refractivity contribution is 7.91. The van der Waals surface area contributed by atoms with Gasteiger partial charge in [-0.25, -0.2) is 13.4 Å². The fourth-order valence-corrected chi connectivity index (χ4v) is 5.92. The Morgan fingerprint density at radius 3 is 2.45 bits per heavy atom. The molecule has 1 aliphatic rings. The lowest BCUT2D eigenvalue weighted by atomic mass is 10.1. The van der Waals surface area contributed by atoms with Crippen LogP contribution in [0.2, 0.25) is 0 Å². The number of aromatic nitrogens is 1. The lowest BCUT2D eigenvalue weighted by Gasteiger charge is -2.15. The lowest BCUT2D eigenvalue weighted by molar-refractivity contribution is 0.290. The molecule has 0 radical (unpaired) electrons. The summed E-state index contributed by atoms with van der Waals surface area (Å²) in [6.45, 7) is 3.62. The third-order valence-electron chi connectivity index (χ3n) is 5.93. The second kappa shape index (κ2) is 9.97. The van der Waals surface area contributed by atoms with Gasteiger partial charge in [0.2, 0.25) is 5.88 Å². The van der Waals surface area contributed by atoms with Gasteiger partial charge in [-0.15, -0.1) is 0 Å². The van der Waals surface area contributed by atoms with Gasteiger partial charge in [-0.1, -0.05) is 29.8 Å². The van der Waals surface area contributed by atoms with Gasteiger partial charge in [-0.2, -0.15) is 0 Å². The smallest absolute Gasteiger partial charge is 0.218 e. The Morgan fingerprint density at radius 1 is 1.06 bits per heavy atom. The van der Waals surface area contributed by atoms with Crippen LogP contribution in [0.4, 0.5) is 0 Å². The molecule has 3 aromatic rings. The topological polar surface area (TPSA) is 86.8 Å². The fourth-order valence-electron chi connectivity index (χ4n) is 4.06. The molecule has 0 bridgehead atoms. The molecule has 0 saturated carbocycles. The molecule has 33 heavy (non-hydrogen) atoms. The molecule has 1 N–H and O–H groups in total. The first-order chi connectivity index (χ1) is 15.9. The molecule has 7 nitrogen and oxygen atoms in total. The molecular formula is C25H30N2O5S. The summed E-state index contributed by atoms with van der Waals surface area (Å²) >= 11 is 0. The van der Waals surface area contributed by atoms with Crippen molar-refractivity contribution in [1.29, 1.82) is 0 Å². The van der Waals surface area contributed by atoms with Gasteiger partial charge in [0.25, 0.3) is 0 Å². The minimum atomic E-state index is -2.89. The van der Waals surface area contributed by atoms with E-state index in [4.69, 9.17) is 19.2 Å². The molecule has 2 heterocycles. The second-order valence-corrected chi connectivity index (χ2v) is 10.8. The van der Waals surface area contributed by atoms with Gasteiger partial charge < -0.3 is 19.5 Å². The van der Waals surface area contributed by atoms with Crippen LogP contribution in [0, 0.1) is 12.8 Å². The third kappa shape index (κ3) is 5.75. The van der Waals surface area contributed by atoms with Crippen LogP contribution in [-0.4, -0.2) is 45.7 Å². The number of nitrogens with zero attached hydrogens (tertiary/aromatic N) is 1. The molecule has 176 valence electrons. The Hall–Kier alpha value is -2.84. The molecule has 1 fully saturated rings. The molecule has 1 aliphatic heterocycles. The van der Waals surface area contributed by atoms with E-state index < -0.39 is 9.84 Å². The maximum atomic E-state index is 11.7. The number of hydrogen-bond acceptors (Lipinski definition) is 7. The van der Waals surface area contributed by atoms with Crippen molar-refractivity contribution in [3.63, 3.8) is 0 Å². The average molecular weight is 471 g/mol. The van der Waals surface area contributed by atoms with E-state index in [1.165, 1.54) is 5.56 Å². The van der Waals surface area contributed by atoms with E-state index in [2.05, 4.69) is 24.4 Å². The summed E-state index contributed by atoms with van der Waals surface area (Å²) in [6, 6.07) is 14.0. The van der Waals surface area contributed by atoms with Gasteiger partial charge in [-0.05, 0) is 43.5 Å². The van der Waals surface area contributed by atoms with Crippen molar-refractivity contribution in [3.8, 4) is 17.4 Å². The maximum Gasteiger partial charge on any atom is 0.218 e. The Morgan fingerprint density at radius 2 is 1.79 bits per heavy atom. The standard InChI is InChI=1S/C25H30N2O5S/c1-17-4-6-18(7-5-17)15-32-25-21(14-26-13-19-8-9-33(28,29)16-19)10-20-11-23(30-2)24(31-3)12-22(20)27-25/h4-7,10-12,19,26H,8-9,13-16H2,1-3H3. The van der Waals surface area contributed by atoms with E-state index in [0.717, 1.165) is 22.0 Å². The molecule has 2 aromatic carbocycles. The number of fused-ring (bicyclic) bond motifs is 1. The molecule has 1 unspecified atom stereocenters. The Bertz CT molecular complexity index is 1230. The van der Waals surface area contributed by atoms with E-state index in [9.17, 15) is 8.42 Å². The second-order valence-electron chi connectivity index (χ2n) is 8.53. The van der Waals surface area contributed by atoms with E-state index in [-0.39, 0.29) is 17.4 Å². The highest BCUT2D eigenvalue weighted by atomic mass is 32.2. The van der Waals surface area contributed by atoms with Crippen LogP contribution in [0.15, 0.2) is 42.5 Å². The lowest BCUT2D eigenvalue weighted by Crippen LogP contribution is -2.23. The summed E-state index contributed by atoms with van der Waals surface area (Å²) in [5.74, 6) is 2.46. The van der Waals surface area contributed by atoms with Gasteiger partial charge in [-0.3, -0.25) is 0 Å². The maximum absolute atomic E-state index is 11.7. The molecule has 4 rings (SSSR count). The van der Waals surface area contributed by atoms with Crippen LogP contribution >= 0.6 is 0 Å². The third-order valence-corrected chi connectivity index (χ3v) is 7.77. The molecule has 1 aromatic heterocycles. The Labute approximate surface area is 195 Å². The molecule has 8 heteroatoms. The van der Waals surface area contributed by atoms with Crippen LogP contribution in [0.5, 0.6) is 17.4 Å². The van der Waals surface area contributed by atoms with Gasteiger partial charge >= 0.3 is 0 Å². The van der Waals surface area contributed by atoms with Crippen LogP contribution < -0.4 is 19.5 Å². The van der Waals surface area contributed by atoms with Crippen molar-refractivity contribution in [2.75, 3.05) is 32.3 Å². The summed E-state index contributed by atoms with van der Waals surface area (Å²) in [4.78, 5) is 4.77. The zero-order valence-corrected chi connectivity index (χ0v) is 20.1.